The molecule has 4 N–H and O–H groups in total. The van der Waals surface area contributed by atoms with Crippen LogP contribution in [0.5, 0.6) is 0 Å². The number of rotatable bonds is 6. The van der Waals surface area contributed by atoms with Gasteiger partial charge in [0.05, 0.1) is 22.3 Å². The zero-order valence-corrected chi connectivity index (χ0v) is 20.6. The second-order valence-corrected chi connectivity index (χ2v) is 10.7. The molecule has 2 aliphatic rings. The molecule has 2 atom stereocenters. The maximum Gasteiger partial charge on any atom is 0.407 e. The molecule has 10 heteroatoms. The first-order chi connectivity index (χ1) is 16.4. The summed E-state index contributed by atoms with van der Waals surface area (Å²) in [5.74, 6) is -1.72. The normalized spacial score (nSPS) is 19.1. The maximum absolute atomic E-state index is 15.4. The number of carbonyl (C=O) groups excluding carboxylic acids is 1. The molecule has 9 nitrogen and oxygen atoms in total. The van der Waals surface area contributed by atoms with Gasteiger partial charge in [0.1, 0.15) is 11.2 Å². The van der Waals surface area contributed by atoms with E-state index in [0.29, 0.717) is 30.8 Å². The summed E-state index contributed by atoms with van der Waals surface area (Å²) in [6, 6.07) is 1.69. The molecule has 2 unspecified atom stereocenters. The van der Waals surface area contributed by atoms with Crippen LogP contribution in [0.3, 0.4) is 0 Å². The minimum Gasteiger partial charge on any atom is -0.477 e. The summed E-state index contributed by atoms with van der Waals surface area (Å²) in [7, 11) is 0. The highest BCUT2D eigenvalue weighted by atomic mass is 19.1. The minimum absolute atomic E-state index is 0.0687. The van der Waals surface area contributed by atoms with E-state index in [9.17, 15) is 19.5 Å². The van der Waals surface area contributed by atoms with Crippen molar-refractivity contribution in [3.05, 3.63) is 33.9 Å². The van der Waals surface area contributed by atoms with Crippen molar-refractivity contribution in [2.45, 2.75) is 58.6 Å². The average molecular weight is 489 g/mol. The van der Waals surface area contributed by atoms with Crippen LogP contribution in [-0.2, 0) is 4.74 Å². The van der Waals surface area contributed by atoms with Crippen LogP contribution < -0.4 is 21.4 Å². The van der Waals surface area contributed by atoms with E-state index in [1.165, 1.54) is 6.20 Å². The zero-order valence-electron chi connectivity index (χ0n) is 20.6. The van der Waals surface area contributed by atoms with E-state index in [1.807, 2.05) is 11.8 Å². The van der Waals surface area contributed by atoms with Crippen molar-refractivity contribution in [2.24, 2.45) is 11.8 Å². The molecule has 1 aromatic heterocycles. The van der Waals surface area contributed by atoms with Gasteiger partial charge in [0, 0.05) is 31.9 Å². The minimum atomic E-state index is -1.36. The summed E-state index contributed by atoms with van der Waals surface area (Å²) in [5.41, 5.74) is 4.80. The van der Waals surface area contributed by atoms with Crippen molar-refractivity contribution in [3.63, 3.8) is 0 Å². The number of alkyl carbamates (subject to hydrolysis) is 1. The number of benzene rings is 1. The Kier molecular flexibility index (Phi) is 6.42. The quantitative estimate of drug-likeness (QED) is 0.529. The molecule has 2 heterocycles. The molecule has 0 bridgehead atoms. The SMILES string of the molecule is CC(CNC(=O)OC(C)(C)C)C1CCN(c2cc3c(c(N)c2F)c(=O)c(C(=O)O)cn3C2CC2)C1. The average Bonchev–Trinajstić information content (AvgIpc) is 3.48. The van der Waals surface area contributed by atoms with Crippen molar-refractivity contribution < 1.29 is 23.8 Å². The van der Waals surface area contributed by atoms with Crippen LogP contribution >= 0.6 is 0 Å². The molecular formula is C25H33FN4O5. The van der Waals surface area contributed by atoms with E-state index >= 15 is 4.39 Å². The maximum atomic E-state index is 15.4. The second kappa shape index (κ2) is 9.05. The van der Waals surface area contributed by atoms with Crippen LogP contribution in [0.25, 0.3) is 10.9 Å². The molecule has 0 radical (unpaired) electrons. The Hall–Kier alpha value is -3.30. The number of carbonyl (C=O) groups is 2. The Labute approximate surface area is 203 Å². The molecule has 4 rings (SSSR count). The third-order valence-electron chi connectivity index (χ3n) is 6.79. The predicted molar refractivity (Wildman–Crippen MR) is 132 cm³/mol. The lowest BCUT2D eigenvalue weighted by molar-refractivity contribution is 0.0515. The van der Waals surface area contributed by atoms with E-state index in [4.69, 9.17) is 10.5 Å². The van der Waals surface area contributed by atoms with E-state index < -0.39 is 34.5 Å². The number of fused-ring (bicyclic) bond motifs is 1. The van der Waals surface area contributed by atoms with Crippen LogP contribution in [0, 0.1) is 17.7 Å². The van der Waals surface area contributed by atoms with Crippen molar-refractivity contribution in [3.8, 4) is 0 Å². The first kappa shape index (κ1) is 24.8. The number of nitrogens with two attached hydrogens (primary N) is 1. The van der Waals surface area contributed by atoms with Crippen LogP contribution in [0.1, 0.15) is 63.4 Å². The number of hydrogen-bond acceptors (Lipinski definition) is 6. The van der Waals surface area contributed by atoms with Crippen LogP contribution in [0.15, 0.2) is 17.1 Å². The third-order valence-corrected chi connectivity index (χ3v) is 6.79. The number of anilines is 2. The van der Waals surface area contributed by atoms with Gasteiger partial charge in [-0.05, 0) is 57.9 Å². The first-order valence-electron chi connectivity index (χ1n) is 12.0. The van der Waals surface area contributed by atoms with Gasteiger partial charge in [-0.25, -0.2) is 14.0 Å². The summed E-state index contributed by atoms with van der Waals surface area (Å²) >= 11 is 0. The molecule has 190 valence electrons. The van der Waals surface area contributed by atoms with Gasteiger partial charge in [-0.1, -0.05) is 6.92 Å². The molecular weight excluding hydrogens is 455 g/mol. The molecule has 0 spiro atoms. The van der Waals surface area contributed by atoms with Crippen molar-refractivity contribution in [2.75, 3.05) is 30.3 Å². The van der Waals surface area contributed by atoms with Gasteiger partial charge in [0.25, 0.3) is 0 Å². The number of amides is 1. The lowest BCUT2D eigenvalue weighted by Gasteiger charge is -2.25. The molecule has 1 amide bonds. The van der Waals surface area contributed by atoms with E-state index in [0.717, 1.165) is 19.3 Å². The summed E-state index contributed by atoms with van der Waals surface area (Å²) in [6.07, 6.45) is 3.41. The molecule has 2 aromatic rings. The van der Waals surface area contributed by atoms with Gasteiger partial charge >= 0.3 is 12.1 Å². The number of aromatic carboxylic acids is 1. The van der Waals surface area contributed by atoms with E-state index in [-0.39, 0.29) is 29.0 Å². The van der Waals surface area contributed by atoms with Gasteiger partial charge in [0.2, 0.25) is 5.43 Å². The Morgan fingerprint density at radius 1 is 1.31 bits per heavy atom. The van der Waals surface area contributed by atoms with Crippen molar-refractivity contribution in [1.82, 2.24) is 9.88 Å². The highest BCUT2D eigenvalue weighted by Crippen LogP contribution is 2.40. The summed E-state index contributed by atoms with van der Waals surface area (Å²) in [4.78, 5) is 38.3. The number of pyridine rings is 1. The fourth-order valence-corrected chi connectivity index (χ4v) is 4.73. The van der Waals surface area contributed by atoms with E-state index in [2.05, 4.69) is 5.32 Å². The van der Waals surface area contributed by atoms with Gasteiger partial charge in [-0.3, -0.25) is 4.79 Å². The molecule has 1 saturated heterocycles. The molecule has 2 fully saturated rings. The number of carboxylic acids is 1. The zero-order chi connectivity index (χ0) is 25.7. The largest absolute Gasteiger partial charge is 0.477 e. The van der Waals surface area contributed by atoms with Gasteiger partial charge in [0.15, 0.2) is 5.82 Å². The lowest BCUT2D eigenvalue weighted by Crippen LogP contribution is -2.36. The number of nitrogens with one attached hydrogen (secondary N) is 1. The van der Waals surface area contributed by atoms with Gasteiger partial charge in [-0.15, -0.1) is 0 Å². The number of halogens is 1. The van der Waals surface area contributed by atoms with Crippen LogP contribution in [-0.4, -0.2) is 47.0 Å². The number of nitrogen functional groups attached to an aromatic ring is 1. The van der Waals surface area contributed by atoms with Crippen LogP contribution in [0.2, 0.25) is 0 Å². The standard InChI is InChI=1S/C25H33FN4O5/c1-13(10-28-24(34)35-25(2,3)4)14-7-8-29(11-14)18-9-17-19(21(27)20(18)26)22(31)16(23(32)33)12-30(17)15-5-6-15/h9,12-15H,5-8,10-11,27H2,1-4H3,(H,28,34)(H,32,33). The smallest absolute Gasteiger partial charge is 0.407 e. The Balaban J connectivity index is 1.58. The van der Waals surface area contributed by atoms with Gasteiger partial charge < -0.3 is 30.4 Å². The number of nitrogens with zero attached hydrogens (tertiary/aromatic N) is 2. The number of ether oxygens (including phenoxy) is 1. The third kappa shape index (κ3) is 5.06. The lowest BCUT2D eigenvalue weighted by atomic mass is 9.93. The number of hydrogen-bond donors (Lipinski definition) is 3. The fourth-order valence-electron chi connectivity index (χ4n) is 4.73. The molecule has 35 heavy (non-hydrogen) atoms. The number of carboxylic acid groups (broad SMARTS) is 1. The van der Waals surface area contributed by atoms with Gasteiger partial charge in [-0.2, -0.15) is 0 Å². The highest BCUT2D eigenvalue weighted by Gasteiger charge is 2.33. The fraction of sp³-hybridized carbons (Fsp3) is 0.560. The number of aromatic nitrogens is 1. The van der Waals surface area contributed by atoms with Crippen molar-refractivity contribution in [1.29, 1.82) is 0 Å². The van der Waals surface area contributed by atoms with E-state index in [1.54, 1.807) is 31.4 Å². The molecule has 1 aliphatic heterocycles. The first-order valence-corrected chi connectivity index (χ1v) is 12.0. The Morgan fingerprint density at radius 3 is 2.60 bits per heavy atom. The van der Waals surface area contributed by atoms with Crippen LogP contribution in [0.4, 0.5) is 20.6 Å². The molecule has 1 aromatic carbocycles. The molecule has 1 aliphatic carbocycles. The Bertz CT molecular complexity index is 1230. The summed E-state index contributed by atoms with van der Waals surface area (Å²) < 4.78 is 22.5. The monoisotopic (exact) mass is 488 g/mol. The summed E-state index contributed by atoms with van der Waals surface area (Å²) in [5, 5.41) is 12.2. The Morgan fingerprint density at radius 2 is 2.00 bits per heavy atom. The topological polar surface area (TPSA) is 127 Å². The predicted octanol–water partition coefficient (Wildman–Crippen LogP) is 3.74. The summed E-state index contributed by atoms with van der Waals surface area (Å²) in [6.45, 7) is 9.06. The highest BCUT2D eigenvalue weighted by molar-refractivity contribution is 5.99. The van der Waals surface area contributed by atoms with Crippen molar-refractivity contribution >= 4 is 34.3 Å². The second-order valence-electron chi connectivity index (χ2n) is 10.7. The molecule has 1 saturated carbocycles.